The molecular weight excluding hydrogens is 358 g/mol. The summed E-state index contributed by atoms with van der Waals surface area (Å²) in [6.07, 6.45) is 1.80. The second-order valence-corrected chi connectivity index (χ2v) is 6.78. The number of methoxy groups -OCH3 is 1. The van der Waals surface area contributed by atoms with E-state index in [1.54, 1.807) is 19.2 Å². The summed E-state index contributed by atoms with van der Waals surface area (Å²) in [4.78, 5) is 11.6. The van der Waals surface area contributed by atoms with E-state index in [2.05, 4.69) is 10.2 Å². The number of nitrogens with zero attached hydrogens (tertiary/aromatic N) is 3. The first-order valence-electron chi connectivity index (χ1n) is 8.38. The summed E-state index contributed by atoms with van der Waals surface area (Å²) in [5.74, 6) is 1.61. The van der Waals surface area contributed by atoms with Crippen molar-refractivity contribution in [1.29, 1.82) is 0 Å². The third-order valence-electron chi connectivity index (χ3n) is 4.48. The first-order chi connectivity index (χ1) is 12.5. The van der Waals surface area contributed by atoms with Crippen molar-refractivity contribution in [3.63, 3.8) is 0 Å². The van der Waals surface area contributed by atoms with E-state index >= 15 is 0 Å². The van der Waals surface area contributed by atoms with Crippen LogP contribution < -0.4 is 16.2 Å². The van der Waals surface area contributed by atoms with Gasteiger partial charge in [-0.15, -0.1) is 10.2 Å². The van der Waals surface area contributed by atoms with E-state index in [4.69, 9.17) is 32.5 Å². The van der Waals surface area contributed by atoms with Crippen molar-refractivity contribution in [2.45, 2.75) is 38.0 Å². The highest BCUT2D eigenvalue weighted by atomic mass is 35.5. The second-order valence-electron chi connectivity index (χ2n) is 6.34. The zero-order chi connectivity index (χ0) is 18.7. The van der Waals surface area contributed by atoms with Gasteiger partial charge in [-0.3, -0.25) is 4.79 Å². The summed E-state index contributed by atoms with van der Waals surface area (Å²) < 4.78 is 13.0. The second kappa shape index (κ2) is 8.03. The molecule has 1 aromatic carbocycles. The van der Waals surface area contributed by atoms with Gasteiger partial charge in [0.05, 0.1) is 12.2 Å². The average Bonchev–Trinajstić information content (AvgIpc) is 2.98. The smallest absolute Gasteiger partial charge is 0.252 e. The van der Waals surface area contributed by atoms with Crippen LogP contribution >= 0.6 is 11.6 Å². The van der Waals surface area contributed by atoms with Gasteiger partial charge >= 0.3 is 0 Å². The van der Waals surface area contributed by atoms with E-state index in [0.29, 0.717) is 35.7 Å². The molecule has 0 bridgehead atoms. The summed E-state index contributed by atoms with van der Waals surface area (Å²) in [6.45, 7) is 1.30. The molecule has 140 valence electrons. The van der Waals surface area contributed by atoms with Gasteiger partial charge in [-0.25, -0.2) is 0 Å². The molecule has 0 atom stereocenters. The number of benzene rings is 1. The highest BCUT2D eigenvalue weighted by Gasteiger charge is 2.32. The number of halogens is 1. The van der Waals surface area contributed by atoms with Gasteiger partial charge in [-0.1, -0.05) is 11.6 Å². The Bertz CT molecular complexity index is 789. The maximum absolute atomic E-state index is 11.6. The topological polar surface area (TPSA) is 118 Å². The molecule has 3 rings (SSSR count). The van der Waals surface area contributed by atoms with Gasteiger partial charge in [0.2, 0.25) is 0 Å². The first kappa shape index (κ1) is 18.6. The summed E-state index contributed by atoms with van der Waals surface area (Å²) in [7, 11) is 1.65. The molecule has 0 radical (unpaired) electrons. The Morgan fingerprint density at radius 1 is 1.38 bits per heavy atom. The molecule has 0 aliphatic heterocycles. The third-order valence-corrected chi connectivity index (χ3v) is 4.71. The molecule has 1 aliphatic rings. The fourth-order valence-electron chi connectivity index (χ4n) is 3.02. The lowest BCUT2D eigenvalue weighted by atomic mass is 9.80. The average molecular weight is 380 g/mol. The Morgan fingerprint density at radius 2 is 2.15 bits per heavy atom. The van der Waals surface area contributed by atoms with Gasteiger partial charge in [0.25, 0.3) is 5.91 Å². The first-order valence-corrected chi connectivity index (χ1v) is 8.76. The van der Waals surface area contributed by atoms with E-state index in [1.807, 2.05) is 4.57 Å². The molecule has 1 fully saturated rings. The van der Waals surface area contributed by atoms with Crippen LogP contribution in [0.1, 0.15) is 40.8 Å². The number of amides is 1. The van der Waals surface area contributed by atoms with E-state index in [9.17, 15) is 4.79 Å². The number of carbonyl (C=O) groups is 1. The lowest BCUT2D eigenvalue weighted by molar-refractivity contribution is 0.0995. The van der Waals surface area contributed by atoms with Crippen LogP contribution in [0.15, 0.2) is 18.2 Å². The molecule has 1 heterocycles. The molecule has 4 N–H and O–H groups in total. The number of hydrogen-bond acceptors (Lipinski definition) is 6. The van der Waals surface area contributed by atoms with E-state index in [-0.39, 0.29) is 18.2 Å². The van der Waals surface area contributed by atoms with Crippen LogP contribution in [0.3, 0.4) is 0 Å². The Kier molecular flexibility index (Phi) is 5.75. The quantitative estimate of drug-likeness (QED) is 0.716. The van der Waals surface area contributed by atoms with Crippen molar-refractivity contribution in [2.24, 2.45) is 11.5 Å². The molecule has 2 aromatic rings. The zero-order valence-electron chi connectivity index (χ0n) is 14.5. The molecule has 0 unspecified atom stereocenters. The van der Waals surface area contributed by atoms with Crippen LogP contribution in [0, 0.1) is 0 Å². The molecule has 9 heteroatoms. The minimum atomic E-state index is -0.604. The number of primary amides is 1. The Hall–Kier alpha value is -2.16. The monoisotopic (exact) mass is 379 g/mol. The zero-order valence-corrected chi connectivity index (χ0v) is 15.3. The van der Waals surface area contributed by atoms with Crippen LogP contribution in [0.5, 0.6) is 5.75 Å². The van der Waals surface area contributed by atoms with Crippen molar-refractivity contribution in [3.05, 3.63) is 40.4 Å². The van der Waals surface area contributed by atoms with E-state index in [0.717, 1.165) is 18.7 Å². The summed E-state index contributed by atoms with van der Waals surface area (Å²) >= 11 is 5.92. The summed E-state index contributed by atoms with van der Waals surface area (Å²) in [5.41, 5.74) is 11.5. The number of ether oxygens (including phenoxy) is 2. The number of carbonyl (C=O) groups excluding carboxylic acids is 1. The van der Waals surface area contributed by atoms with Crippen molar-refractivity contribution in [2.75, 3.05) is 13.7 Å². The van der Waals surface area contributed by atoms with Gasteiger partial charge in [0.1, 0.15) is 18.2 Å². The SMILES string of the molecule is COCCn1c(COc2ccc(Cl)cc2C(N)=O)nnc1C1CC(N)C1. The number of rotatable bonds is 8. The normalized spacial score (nSPS) is 19.2. The Labute approximate surface area is 156 Å². The largest absolute Gasteiger partial charge is 0.485 e. The molecule has 26 heavy (non-hydrogen) atoms. The summed E-state index contributed by atoms with van der Waals surface area (Å²) in [6, 6.07) is 4.96. The van der Waals surface area contributed by atoms with Crippen molar-refractivity contribution in [3.8, 4) is 5.75 Å². The highest BCUT2D eigenvalue weighted by molar-refractivity contribution is 6.31. The minimum absolute atomic E-state index is 0.150. The summed E-state index contributed by atoms with van der Waals surface area (Å²) in [5, 5.41) is 8.99. The van der Waals surface area contributed by atoms with Crippen LogP contribution in [-0.4, -0.2) is 40.4 Å². The maximum Gasteiger partial charge on any atom is 0.252 e. The third kappa shape index (κ3) is 3.98. The molecule has 0 saturated heterocycles. The fourth-order valence-corrected chi connectivity index (χ4v) is 3.19. The Balaban J connectivity index is 1.78. The highest BCUT2D eigenvalue weighted by Crippen LogP contribution is 2.35. The molecule has 1 aromatic heterocycles. The lowest BCUT2D eigenvalue weighted by Crippen LogP contribution is -2.36. The van der Waals surface area contributed by atoms with Gasteiger partial charge in [-0.05, 0) is 31.0 Å². The van der Waals surface area contributed by atoms with Crippen molar-refractivity contribution >= 4 is 17.5 Å². The van der Waals surface area contributed by atoms with Crippen LogP contribution in [0.2, 0.25) is 5.02 Å². The van der Waals surface area contributed by atoms with Gasteiger partial charge in [0, 0.05) is 30.6 Å². The fraction of sp³-hybridized carbons (Fsp3) is 0.471. The van der Waals surface area contributed by atoms with Crippen molar-refractivity contribution in [1.82, 2.24) is 14.8 Å². The molecular formula is C17H22ClN5O3. The predicted octanol–water partition coefficient (Wildman–Crippen LogP) is 1.46. The lowest BCUT2D eigenvalue weighted by Gasteiger charge is -2.31. The van der Waals surface area contributed by atoms with E-state index in [1.165, 1.54) is 6.07 Å². The van der Waals surface area contributed by atoms with Gasteiger partial charge in [-0.2, -0.15) is 0 Å². The van der Waals surface area contributed by atoms with Gasteiger partial charge < -0.3 is 25.5 Å². The molecule has 8 nitrogen and oxygen atoms in total. The standard InChI is InChI=1S/C17H22ClN5O3/c1-25-5-4-23-15(21-22-17(23)10-6-12(19)7-10)9-26-14-3-2-11(18)8-13(14)16(20)24/h2-3,8,10,12H,4-7,9,19H2,1H3,(H2,20,24). The molecule has 1 saturated carbocycles. The number of hydrogen-bond donors (Lipinski definition) is 2. The van der Waals surface area contributed by atoms with Crippen LogP contribution in [-0.2, 0) is 17.9 Å². The Morgan fingerprint density at radius 3 is 2.81 bits per heavy atom. The van der Waals surface area contributed by atoms with Crippen LogP contribution in [0.4, 0.5) is 0 Å². The predicted molar refractivity (Wildman–Crippen MR) is 96.2 cm³/mol. The maximum atomic E-state index is 11.6. The van der Waals surface area contributed by atoms with Crippen LogP contribution in [0.25, 0.3) is 0 Å². The molecule has 1 aliphatic carbocycles. The number of nitrogens with two attached hydrogens (primary N) is 2. The van der Waals surface area contributed by atoms with Gasteiger partial charge in [0.15, 0.2) is 5.82 Å². The van der Waals surface area contributed by atoms with E-state index < -0.39 is 5.91 Å². The molecule has 1 amide bonds. The number of aromatic nitrogens is 3. The minimum Gasteiger partial charge on any atom is -0.485 e. The van der Waals surface area contributed by atoms with Crippen molar-refractivity contribution < 1.29 is 14.3 Å². The molecule has 0 spiro atoms.